The van der Waals surface area contributed by atoms with Crippen LogP contribution in [-0.2, 0) is 4.74 Å². The van der Waals surface area contributed by atoms with E-state index in [-0.39, 0.29) is 5.82 Å². The third-order valence-corrected chi connectivity index (χ3v) is 2.73. The number of nitrogens with two attached hydrogens (primary N) is 1. The number of aliphatic imine (C=N–C) groups is 1. The number of rotatable bonds is 7. The number of nitrogens with zero attached hydrogens (tertiary/aromatic N) is 2. The van der Waals surface area contributed by atoms with Crippen molar-refractivity contribution >= 4 is 11.6 Å². The molecule has 0 amide bonds. The van der Waals surface area contributed by atoms with Crippen molar-refractivity contribution in [3.63, 3.8) is 0 Å². The average molecular weight is 282 g/mol. The zero-order valence-corrected chi connectivity index (χ0v) is 12.1. The van der Waals surface area contributed by atoms with Crippen molar-refractivity contribution in [2.45, 2.75) is 20.3 Å². The van der Waals surface area contributed by atoms with Gasteiger partial charge in [0.2, 0.25) is 5.96 Å². The number of anilines is 1. The fourth-order valence-corrected chi connectivity index (χ4v) is 1.80. The quantitative estimate of drug-likeness (QED) is 0.264. The molecule has 1 aromatic carbocycles. The van der Waals surface area contributed by atoms with E-state index < -0.39 is 0 Å². The second-order valence-electron chi connectivity index (χ2n) is 4.12. The predicted molar refractivity (Wildman–Crippen MR) is 80.2 cm³/mol. The van der Waals surface area contributed by atoms with Crippen LogP contribution in [0.1, 0.15) is 20.3 Å². The predicted octanol–water partition coefficient (Wildman–Crippen LogP) is 1.90. The number of guanidine groups is 1. The monoisotopic (exact) mass is 282 g/mol. The van der Waals surface area contributed by atoms with Crippen LogP contribution in [-0.4, -0.2) is 32.3 Å². The molecule has 1 aromatic rings. The van der Waals surface area contributed by atoms with Crippen LogP contribution in [0.3, 0.4) is 0 Å². The summed E-state index contributed by atoms with van der Waals surface area (Å²) in [6.45, 7) is 6.53. The largest absolute Gasteiger partial charge is 0.382 e. The summed E-state index contributed by atoms with van der Waals surface area (Å²) in [4.78, 5) is 6.22. The highest BCUT2D eigenvalue weighted by molar-refractivity contribution is 5.95. The smallest absolute Gasteiger partial charge is 0.212 e. The van der Waals surface area contributed by atoms with E-state index in [0.29, 0.717) is 38.0 Å². The maximum atomic E-state index is 13.3. The van der Waals surface area contributed by atoms with Crippen LogP contribution >= 0.6 is 0 Å². The first-order valence-corrected chi connectivity index (χ1v) is 6.84. The molecule has 0 heterocycles. The summed E-state index contributed by atoms with van der Waals surface area (Å²) in [5.74, 6) is 5.76. The zero-order chi connectivity index (χ0) is 14.8. The van der Waals surface area contributed by atoms with Crippen LogP contribution in [0.2, 0.25) is 0 Å². The summed E-state index contributed by atoms with van der Waals surface area (Å²) in [5.41, 5.74) is 3.29. The summed E-state index contributed by atoms with van der Waals surface area (Å²) in [6.07, 6.45) is 0.819. The second kappa shape index (κ2) is 9.28. The van der Waals surface area contributed by atoms with Gasteiger partial charge in [-0.1, -0.05) is 6.07 Å². The fourth-order valence-electron chi connectivity index (χ4n) is 1.80. The highest BCUT2D eigenvalue weighted by Crippen LogP contribution is 2.15. The molecule has 0 unspecified atom stereocenters. The van der Waals surface area contributed by atoms with Gasteiger partial charge in [0.1, 0.15) is 5.82 Å². The Labute approximate surface area is 119 Å². The number of ether oxygens (including phenoxy) is 1. The number of nitrogens with one attached hydrogen (secondary N) is 1. The number of hydrogen-bond acceptors (Lipinski definition) is 3. The van der Waals surface area contributed by atoms with Crippen LogP contribution in [0.5, 0.6) is 0 Å². The highest BCUT2D eigenvalue weighted by atomic mass is 19.1. The molecule has 0 radical (unpaired) electrons. The van der Waals surface area contributed by atoms with Crippen molar-refractivity contribution in [2.75, 3.05) is 31.2 Å². The Hall–Kier alpha value is -1.66. The SMILES string of the molecule is CCOCCCN=C(NN)N(CC)c1cccc(F)c1. The van der Waals surface area contributed by atoms with Gasteiger partial charge < -0.3 is 9.64 Å². The van der Waals surface area contributed by atoms with Crippen molar-refractivity contribution in [2.24, 2.45) is 10.8 Å². The standard InChI is InChI=1S/C14H23FN4O/c1-3-19(13-8-5-7-12(15)11-13)14(18-16)17-9-6-10-20-4-2/h5,7-8,11H,3-4,6,9-10,16H2,1-2H3,(H,17,18). The Morgan fingerprint density at radius 2 is 2.25 bits per heavy atom. The van der Waals surface area contributed by atoms with Crippen LogP contribution in [0.15, 0.2) is 29.3 Å². The Kier molecular flexibility index (Phi) is 7.60. The zero-order valence-electron chi connectivity index (χ0n) is 12.1. The lowest BCUT2D eigenvalue weighted by molar-refractivity contribution is 0.146. The summed E-state index contributed by atoms with van der Waals surface area (Å²) in [6, 6.07) is 6.35. The van der Waals surface area contributed by atoms with Crippen molar-refractivity contribution < 1.29 is 9.13 Å². The van der Waals surface area contributed by atoms with Gasteiger partial charge in [0.05, 0.1) is 0 Å². The maximum Gasteiger partial charge on any atom is 0.212 e. The molecule has 0 bridgehead atoms. The third kappa shape index (κ3) is 5.14. The normalized spacial score (nSPS) is 11.5. The topological polar surface area (TPSA) is 62.9 Å². The lowest BCUT2D eigenvalue weighted by atomic mass is 10.3. The molecule has 0 fully saturated rings. The van der Waals surface area contributed by atoms with Crippen LogP contribution < -0.4 is 16.2 Å². The molecule has 5 nitrogen and oxygen atoms in total. The van der Waals surface area contributed by atoms with Gasteiger partial charge in [-0.3, -0.25) is 10.4 Å². The molecular weight excluding hydrogens is 259 g/mol. The van der Waals surface area contributed by atoms with Crippen molar-refractivity contribution in [3.8, 4) is 0 Å². The van der Waals surface area contributed by atoms with Gasteiger partial charge in [-0.2, -0.15) is 0 Å². The van der Waals surface area contributed by atoms with Gasteiger partial charge in [0.15, 0.2) is 0 Å². The number of halogens is 1. The molecule has 0 saturated carbocycles. The summed E-state index contributed by atoms with van der Waals surface area (Å²) < 4.78 is 18.5. The van der Waals surface area contributed by atoms with E-state index in [2.05, 4.69) is 10.4 Å². The Balaban J connectivity index is 2.71. The molecule has 0 spiro atoms. The number of hydrogen-bond donors (Lipinski definition) is 2. The van der Waals surface area contributed by atoms with Crippen LogP contribution in [0, 0.1) is 5.82 Å². The molecule has 20 heavy (non-hydrogen) atoms. The second-order valence-corrected chi connectivity index (χ2v) is 4.12. The van der Waals surface area contributed by atoms with Crippen LogP contribution in [0.25, 0.3) is 0 Å². The first-order chi connectivity index (χ1) is 9.72. The van der Waals surface area contributed by atoms with Crippen molar-refractivity contribution in [1.29, 1.82) is 0 Å². The minimum absolute atomic E-state index is 0.284. The average Bonchev–Trinajstić information content (AvgIpc) is 2.46. The molecule has 0 saturated heterocycles. The molecule has 0 atom stereocenters. The van der Waals surface area contributed by atoms with E-state index in [1.54, 1.807) is 6.07 Å². The number of hydrazine groups is 1. The Bertz CT molecular complexity index is 425. The Morgan fingerprint density at radius 1 is 1.45 bits per heavy atom. The molecular formula is C14H23FN4O. The lowest BCUT2D eigenvalue weighted by Gasteiger charge is -2.24. The van der Waals surface area contributed by atoms with Crippen LogP contribution in [0.4, 0.5) is 10.1 Å². The van der Waals surface area contributed by atoms with E-state index in [9.17, 15) is 4.39 Å². The van der Waals surface area contributed by atoms with E-state index in [1.165, 1.54) is 12.1 Å². The van der Waals surface area contributed by atoms with E-state index in [1.807, 2.05) is 24.8 Å². The molecule has 0 aliphatic heterocycles. The highest BCUT2D eigenvalue weighted by Gasteiger charge is 2.11. The minimum Gasteiger partial charge on any atom is -0.382 e. The molecule has 0 aliphatic rings. The minimum atomic E-state index is -0.284. The summed E-state index contributed by atoms with van der Waals surface area (Å²) in [5, 5.41) is 0. The fraction of sp³-hybridized carbons (Fsp3) is 0.500. The first kappa shape index (κ1) is 16.4. The molecule has 3 N–H and O–H groups in total. The van der Waals surface area contributed by atoms with Gasteiger partial charge in [-0.25, -0.2) is 10.2 Å². The maximum absolute atomic E-state index is 13.3. The Morgan fingerprint density at radius 3 is 2.85 bits per heavy atom. The molecule has 112 valence electrons. The molecule has 1 rings (SSSR count). The van der Waals surface area contributed by atoms with Gasteiger partial charge in [0.25, 0.3) is 0 Å². The van der Waals surface area contributed by atoms with E-state index in [4.69, 9.17) is 10.6 Å². The molecule has 0 aromatic heterocycles. The molecule has 6 heteroatoms. The van der Waals surface area contributed by atoms with Gasteiger partial charge in [-0.05, 0) is 38.5 Å². The summed E-state index contributed by atoms with van der Waals surface area (Å²) in [7, 11) is 0. The van der Waals surface area contributed by atoms with Gasteiger partial charge in [-0.15, -0.1) is 0 Å². The van der Waals surface area contributed by atoms with E-state index >= 15 is 0 Å². The van der Waals surface area contributed by atoms with E-state index in [0.717, 1.165) is 6.42 Å². The van der Waals surface area contributed by atoms with Crippen molar-refractivity contribution in [3.05, 3.63) is 30.1 Å². The van der Waals surface area contributed by atoms with Gasteiger partial charge >= 0.3 is 0 Å². The van der Waals surface area contributed by atoms with Gasteiger partial charge in [0, 0.05) is 32.0 Å². The first-order valence-electron chi connectivity index (χ1n) is 6.84. The molecule has 0 aliphatic carbocycles. The third-order valence-electron chi connectivity index (χ3n) is 2.73. The van der Waals surface area contributed by atoms with Crippen molar-refractivity contribution in [1.82, 2.24) is 5.43 Å². The summed E-state index contributed by atoms with van der Waals surface area (Å²) >= 11 is 0. The number of benzene rings is 1. The lowest BCUT2D eigenvalue weighted by Crippen LogP contribution is -2.45.